The molecular weight excluding hydrogens is 352 g/mol. The number of oxazole rings is 1. The first-order valence-corrected chi connectivity index (χ1v) is 7.36. The minimum absolute atomic E-state index is 0. The molecule has 2 heterocycles. The number of pyridine rings is 1. The second kappa shape index (κ2) is 7.88. The summed E-state index contributed by atoms with van der Waals surface area (Å²) in [5.41, 5.74) is 3.32. The van der Waals surface area contributed by atoms with Crippen molar-refractivity contribution in [3.05, 3.63) is 72.7 Å². The molecule has 0 saturated heterocycles. The topological polar surface area (TPSA) is 29.9 Å². The van der Waals surface area contributed by atoms with E-state index in [1.807, 2.05) is 48.7 Å². The van der Waals surface area contributed by atoms with Crippen molar-refractivity contribution in [1.82, 2.24) is 4.98 Å². The Labute approximate surface area is 147 Å². The van der Waals surface area contributed by atoms with E-state index in [0.717, 1.165) is 23.4 Å². The van der Waals surface area contributed by atoms with Gasteiger partial charge in [-0.3, -0.25) is 0 Å². The van der Waals surface area contributed by atoms with Crippen LogP contribution in [0.4, 0.5) is 0 Å². The molecule has 0 atom stereocenters. The minimum atomic E-state index is 0. The lowest BCUT2D eigenvalue weighted by Crippen LogP contribution is -3.00. The van der Waals surface area contributed by atoms with Crippen LogP contribution in [0.2, 0.25) is 0 Å². The number of hydrogen-bond donors (Lipinski definition) is 0. The molecule has 3 nitrogen and oxygen atoms in total. The monoisotopic (exact) mass is 370 g/mol. The summed E-state index contributed by atoms with van der Waals surface area (Å²) in [6, 6.07) is 14.0. The van der Waals surface area contributed by atoms with E-state index in [2.05, 4.69) is 35.7 Å². The smallest absolute Gasteiger partial charge is 0.232 e. The SMILES string of the molecule is CC(C)=CC[n+]1cccc(-c2ncc(-c3ccccc3)o2)c1.[Br-]. The molecule has 2 aromatic heterocycles. The molecule has 0 unspecified atom stereocenters. The summed E-state index contributed by atoms with van der Waals surface area (Å²) in [6.45, 7) is 5.05. The molecule has 0 aliphatic heterocycles. The van der Waals surface area contributed by atoms with Crippen molar-refractivity contribution in [1.29, 1.82) is 0 Å². The predicted molar refractivity (Wildman–Crippen MR) is 87.0 cm³/mol. The van der Waals surface area contributed by atoms with E-state index in [1.54, 1.807) is 6.20 Å². The summed E-state index contributed by atoms with van der Waals surface area (Å²) in [7, 11) is 0. The predicted octanol–water partition coefficient (Wildman–Crippen LogP) is 1.27. The summed E-state index contributed by atoms with van der Waals surface area (Å²) in [5.74, 6) is 1.43. The van der Waals surface area contributed by atoms with Crippen LogP contribution >= 0.6 is 0 Å². The first kappa shape index (κ1) is 17.2. The Kier molecular flexibility index (Phi) is 5.88. The summed E-state index contributed by atoms with van der Waals surface area (Å²) in [6.07, 6.45) is 8.07. The van der Waals surface area contributed by atoms with Gasteiger partial charge in [0.1, 0.15) is 5.56 Å². The molecule has 0 amide bonds. The maximum absolute atomic E-state index is 5.90. The molecule has 0 saturated carbocycles. The van der Waals surface area contributed by atoms with Crippen LogP contribution in [0.25, 0.3) is 22.8 Å². The van der Waals surface area contributed by atoms with E-state index in [9.17, 15) is 0 Å². The summed E-state index contributed by atoms with van der Waals surface area (Å²) >= 11 is 0. The van der Waals surface area contributed by atoms with Crippen LogP contribution in [0.5, 0.6) is 0 Å². The molecule has 1 aromatic carbocycles. The highest BCUT2D eigenvalue weighted by atomic mass is 79.9. The number of allylic oxidation sites excluding steroid dienone is 2. The highest BCUT2D eigenvalue weighted by Gasteiger charge is 2.11. The molecular formula is C19H19BrN2O. The fourth-order valence-corrected chi connectivity index (χ4v) is 2.19. The quantitative estimate of drug-likeness (QED) is 0.511. The van der Waals surface area contributed by atoms with Crippen molar-refractivity contribution in [3.8, 4) is 22.8 Å². The molecule has 0 bridgehead atoms. The van der Waals surface area contributed by atoms with E-state index in [1.165, 1.54) is 5.57 Å². The molecule has 0 aliphatic carbocycles. The van der Waals surface area contributed by atoms with E-state index >= 15 is 0 Å². The van der Waals surface area contributed by atoms with Crippen LogP contribution in [0.15, 0.2) is 77.1 Å². The van der Waals surface area contributed by atoms with Gasteiger partial charge in [-0.1, -0.05) is 35.9 Å². The van der Waals surface area contributed by atoms with Crippen molar-refractivity contribution in [3.63, 3.8) is 0 Å². The van der Waals surface area contributed by atoms with Gasteiger partial charge >= 0.3 is 0 Å². The molecule has 4 heteroatoms. The van der Waals surface area contributed by atoms with E-state index in [4.69, 9.17) is 4.42 Å². The van der Waals surface area contributed by atoms with Gasteiger partial charge in [0.05, 0.1) is 6.20 Å². The highest BCUT2D eigenvalue weighted by Crippen LogP contribution is 2.24. The van der Waals surface area contributed by atoms with Gasteiger partial charge in [0.25, 0.3) is 0 Å². The Morgan fingerprint density at radius 1 is 1.09 bits per heavy atom. The fraction of sp³-hybridized carbons (Fsp3) is 0.158. The van der Waals surface area contributed by atoms with Gasteiger partial charge in [-0.2, -0.15) is 0 Å². The number of nitrogens with zero attached hydrogens (tertiary/aromatic N) is 2. The molecule has 3 aromatic rings. The zero-order chi connectivity index (χ0) is 15.4. The second-order valence-electron chi connectivity index (χ2n) is 5.47. The maximum Gasteiger partial charge on any atom is 0.232 e. The molecule has 118 valence electrons. The van der Waals surface area contributed by atoms with Gasteiger partial charge in [0, 0.05) is 11.6 Å². The normalized spacial score (nSPS) is 10.0. The number of benzene rings is 1. The molecule has 0 spiro atoms. The van der Waals surface area contributed by atoms with Crippen LogP contribution in [-0.4, -0.2) is 4.98 Å². The van der Waals surface area contributed by atoms with Crippen molar-refractivity contribution >= 4 is 0 Å². The van der Waals surface area contributed by atoms with Gasteiger partial charge in [0.15, 0.2) is 24.7 Å². The van der Waals surface area contributed by atoms with Crippen molar-refractivity contribution < 1.29 is 26.0 Å². The molecule has 3 rings (SSSR count). The number of rotatable bonds is 4. The number of hydrogen-bond acceptors (Lipinski definition) is 2. The standard InChI is InChI=1S/C19H19N2O.BrH/c1-15(2)10-12-21-11-6-9-17(14-21)19-20-13-18(22-19)16-7-4-3-5-8-16;/h3-11,13-14H,12H2,1-2H3;1H/q+1;/p-1. The average Bonchev–Trinajstić information content (AvgIpc) is 3.04. The van der Waals surface area contributed by atoms with Crippen LogP contribution in [0, 0.1) is 0 Å². The Morgan fingerprint density at radius 3 is 2.57 bits per heavy atom. The number of aromatic nitrogens is 2. The lowest BCUT2D eigenvalue weighted by Gasteiger charge is -1.97. The Bertz CT molecular complexity index is 790. The van der Waals surface area contributed by atoms with Gasteiger partial charge in [0.2, 0.25) is 5.89 Å². The second-order valence-corrected chi connectivity index (χ2v) is 5.47. The zero-order valence-corrected chi connectivity index (χ0v) is 14.8. The van der Waals surface area contributed by atoms with Gasteiger partial charge in [-0.15, -0.1) is 0 Å². The molecule has 23 heavy (non-hydrogen) atoms. The van der Waals surface area contributed by atoms with Crippen LogP contribution in [0.1, 0.15) is 13.8 Å². The first-order valence-electron chi connectivity index (χ1n) is 7.36. The van der Waals surface area contributed by atoms with E-state index in [-0.39, 0.29) is 17.0 Å². The van der Waals surface area contributed by atoms with Gasteiger partial charge in [-0.25, -0.2) is 9.55 Å². The summed E-state index contributed by atoms with van der Waals surface area (Å²) in [4.78, 5) is 4.40. The lowest BCUT2D eigenvalue weighted by atomic mass is 10.2. The zero-order valence-electron chi connectivity index (χ0n) is 13.2. The van der Waals surface area contributed by atoms with Crippen LogP contribution in [-0.2, 0) is 6.54 Å². The lowest BCUT2D eigenvalue weighted by molar-refractivity contribution is -0.686. The Morgan fingerprint density at radius 2 is 1.83 bits per heavy atom. The minimum Gasteiger partial charge on any atom is -1.00 e. The third-order valence-corrected chi connectivity index (χ3v) is 3.38. The summed E-state index contributed by atoms with van der Waals surface area (Å²) < 4.78 is 8.02. The maximum atomic E-state index is 5.90. The molecule has 0 fully saturated rings. The van der Waals surface area contributed by atoms with Crippen molar-refractivity contribution in [2.24, 2.45) is 0 Å². The molecule has 0 aliphatic rings. The van der Waals surface area contributed by atoms with Gasteiger partial charge in [-0.05, 0) is 26.0 Å². The largest absolute Gasteiger partial charge is 1.00 e. The Balaban J connectivity index is 0.00000192. The molecule has 0 N–H and O–H groups in total. The van der Waals surface area contributed by atoms with Crippen molar-refractivity contribution in [2.75, 3.05) is 0 Å². The van der Waals surface area contributed by atoms with Crippen LogP contribution in [0.3, 0.4) is 0 Å². The van der Waals surface area contributed by atoms with Crippen molar-refractivity contribution in [2.45, 2.75) is 20.4 Å². The van der Waals surface area contributed by atoms with Gasteiger partial charge < -0.3 is 21.4 Å². The third-order valence-electron chi connectivity index (χ3n) is 3.38. The Hall–Kier alpha value is -2.20. The number of halogens is 1. The average molecular weight is 371 g/mol. The van der Waals surface area contributed by atoms with Crippen LogP contribution < -0.4 is 21.5 Å². The first-order chi connectivity index (χ1) is 10.7. The van der Waals surface area contributed by atoms with E-state index in [0.29, 0.717) is 5.89 Å². The van der Waals surface area contributed by atoms with E-state index < -0.39 is 0 Å². The molecule has 0 radical (unpaired) electrons. The third kappa shape index (κ3) is 4.39. The highest BCUT2D eigenvalue weighted by molar-refractivity contribution is 5.59. The fourth-order valence-electron chi connectivity index (χ4n) is 2.19. The summed E-state index contributed by atoms with van der Waals surface area (Å²) in [5, 5.41) is 0.